The highest BCUT2D eigenvalue weighted by Gasteiger charge is 2.10. The van der Waals surface area contributed by atoms with Crippen LogP contribution in [-0.2, 0) is 0 Å². The maximum Gasteiger partial charge on any atom is 0.150 e. The first-order valence-corrected chi connectivity index (χ1v) is 7.20. The second-order valence-corrected chi connectivity index (χ2v) is 5.18. The van der Waals surface area contributed by atoms with Crippen molar-refractivity contribution in [2.45, 2.75) is 19.3 Å². The highest BCUT2D eigenvalue weighted by atomic mass is 16.5. The van der Waals surface area contributed by atoms with Gasteiger partial charge in [-0.25, -0.2) is 0 Å². The molecule has 1 saturated heterocycles. The van der Waals surface area contributed by atoms with E-state index in [1.807, 2.05) is 36.4 Å². The number of anilines is 2. The van der Waals surface area contributed by atoms with Gasteiger partial charge in [-0.05, 0) is 55.7 Å². The Labute approximate surface area is 120 Å². The van der Waals surface area contributed by atoms with Crippen LogP contribution in [0, 0.1) is 0 Å². The zero-order valence-electron chi connectivity index (χ0n) is 11.6. The minimum atomic E-state index is 0.660. The van der Waals surface area contributed by atoms with Crippen LogP contribution >= 0.6 is 0 Å². The zero-order valence-corrected chi connectivity index (χ0v) is 11.6. The number of benzene rings is 2. The summed E-state index contributed by atoms with van der Waals surface area (Å²) in [4.78, 5) is 2.43. The first kappa shape index (κ1) is 12.9. The molecule has 0 unspecified atom stereocenters. The molecule has 0 aromatic heterocycles. The topological polar surface area (TPSA) is 38.5 Å². The summed E-state index contributed by atoms with van der Waals surface area (Å²) in [6.07, 6.45) is 3.93. The van der Waals surface area contributed by atoms with E-state index in [1.165, 1.54) is 24.9 Å². The molecule has 20 heavy (non-hydrogen) atoms. The Morgan fingerprint density at radius 1 is 0.850 bits per heavy atom. The van der Waals surface area contributed by atoms with Gasteiger partial charge in [-0.2, -0.15) is 0 Å². The van der Waals surface area contributed by atoms with Gasteiger partial charge in [0.2, 0.25) is 0 Å². The number of nitrogens with two attached hydrogens (primary N) is 1. The monoisotopic (exact) mass is 268 g/mol. The third-order valence-corrected chi connectivity index (χ3v) is 3.70. The summed E-state index contributed by atoms with van der Waals surface area (Å²) in [5.41, 5.74) is 7.82. The molecule has 1 heterocycles. The highest BCUT2D eigenvalue weighted by Crippen LogP contribution is 2.29. The molecule has 0 spiro atoms. The minimum absolute atomic E-state index is 0.660. The van der Waals surface area contributed by atoms with E-state index in [0.29, 0.717) is 11.4 Å². The van der Waals surface area contributed by atoms with E-state index in [-0.39, 0.29) is 0 Å². The average molecular weight is 268 g/mol. The fourth-order valence-electron chi connectivity index (χ4n) is 2.58. The molecule has 3 heteroatoms. The van der Waals surface area contributed by atoms with Crippen LogP contribution in [0.3, 0.4) is 0 Å². The average Bonchev–Trinajstić information content (AvgIpc) is 2.51. The number of rotatable bonds is 3. The normalized spacial score (nSPS) is 15.1. The summed E-state index contributed by atoms with van der Waals surface area (Å²) in [5, 5.41) is 0. The largest absolute Gasteiger partial charge is 0.455 e. The van der Waals surface area contributed by atoms with Crippen LogP contribution in [0.2, 0.25) is 0 Å². The molecule has 1 fully saturated rings. The minimum Gasteiger partial charge on any atom is -0.455 e. The number of nitrogens with zero attached hydrogens (tertiary/aromatic N) is 1. The van der Waals surface area contributed by atoms with Gasteiger partial charge in [-0.3, -0.25) is 0 Å². The molecule has 0 bridgehead atoms. The molecule has 1 aliphatic rings. The summed E-state index contributed by atoms with van der Waals surface area (Å²) in [7, 11) is 0. The van der Waals surface area contributed by atoms with Crippen molar-refractivity contribution in [2.75, 3.05) is 23.7 Å². The lowest BCUT2D eigenvalue weighted by Crippen LogP contribution is -2.29. The van der Waals surface area contributed by atoms with Gasteiger partial charge in [0.25, 0.3) is 0 Å². The Kier molecular flexibility index (Phi) is 3.77. The van der Waals surface area contributed by atoms with Gasteiger partial charge in [-0.15, -0.1) is 0 Å². The zero-order chi connectivity index (χ0) is 13.8. The van der Waals surface area contributed by atoms with Crippen LogP contribution < -0.4 is 15.4 Å². The van der Waals surface area contributed by atoms with Crippen LogP contribution in [0.1, 0.15) is 19.3 Å². The number of piperidine rings is 1. The maximum absolute atomic E-state index is 5.88. The van der Waals surface area contributed by atoms with Crippen molar-refractivity contribution in [1.82, 2.24) is 0 Å². The van der Waals surface area contributed by atoms with Crippen molar-refractivity contribution in [3.63, 3.8) is 0 Å². The molecule has 3 rings (SSSR count). The fourth-order valence-corrected chi connectivity index (χ4v) is 2.58. The molecular formula is C17H20N2O. The standard InChI is InChI=1S/C17H20N2O/c18-16-6-2-3-7-17(16)20-15-10-8-14(9-11-15)19-12-4-1-5-13-19/h2-3,6-11H,1,4-5,12-13,18H2. The Balaban J connectivity index is 1.71. The Hall–Kier alpha value is -2.16. The second kappa shape index (κ2) is 5.87. The smallest absolute Gasteiger partial charge is 0.150 e. The SMILES string of the molecule is Nc1ccccc1Oc1ccc(N2CCCCC2)cc1. The Bertz CT molecular complexity index is 559. The summed E-state index contributed by atoms with van der Waals surface area (Å²) in [5.74, 6) is 1.53. The fraction of sp³-hybridized carbons (Fsp3) is 0.294. The highest BCUT2D eigenvalue weighted by molar-refractivity contribution is 5.55. The van der Waals surface area contributed by atoms with Crippen molar-refractivity contribution in [3.8, 4) is 11.5 Å². The van der Waals surface area contributed by atoms with Gasteiger partial charge in [0.15, 0.2) is 0 Å². The van der Waals surface area contributed by atoms with Gasteiger partial charge >= 0.3 is 0 Å². The molecule has 1 aliphatic heterocycles. The van der Waals surface area contributed by atoms with E-state index in [1.54, 1.807) is 0 Å². The van der Waals surface area contributed by atoms with Gasteiger partial charge in [0.05, 0.1) is 5.69 Å². The molecule has 2 aromatic rings. The number of hydrogen-bond donors (Lipinski definition) is 1. The van der Waals surface area contributed by atoms with Gasteiger partial charge in [0.1, 0.15) is 11.5 Å². The summed E-state index contributed by atoms with van der Waals surface area (Å²) in [6, 6.07) is 15.8. The molecule has 0 amide bonds. The molecule has 2 N–H and O–H groups in total. The third kappa shape index (κ3) is 2.87. The van der Waals surface area contributed by atoms with E-state index in [0.717, 1.165) is 18.8 Å². The maximum atomic E-state index is 5.88. The first-order chi connectivity index (χ1) is 9.83. The van der Waals surface area contributed by atoms with Crippen molar-refractivity contribution < 1.29 is 4.74 Å². The predicted octanol–water partition coefficient (Wildman–Crippen LogP) is 4.05. The van der Waals surface area contributed by atoms with E-state index in [4.69, 9.17) is 10.5 Å². The van der Waals surface area contributed by atoms with Crippen LogP contribution in [0.25, 0.3) is 0 Å². The third-order valence-electron chi connectivity index (χ3n) is 3.70. The lowest BCUT2D eigenvalue weighted by molar-refractivity contribution is 0.485. The second-order valence-electron chi connectivity index (χ2n) is 5.18. The summed E-state index contributed by atoms with van der Waals surface area (Å²) in [6.45, 7) is 2.32. The van der Waals surface area contributed by atoms with Crippen molar-refractivity contribution in [1.29, 1.82) is 0 Å². The number of nitrogen functional groups attached to an aromatic ring is 1. The molecule has 3 nitrogen and oxygen atoms in total. The number of hydrogen-bond acceptors (Lipinski definition) is 3. The molecule has 0 saturated carbocycles. The molecule has 104 valence electrons. The predicted molar refractivity (Wildman–Crippen MR) is 83.4 cm³/mol. The van der Waals surface area contributed by atoms with Crippen LogP contribution in [-0.4, -0.2) is 13.1 Å². The summed E-state index contributed by atoms with van der Waals surface area (Å²) >= 11 is 0. The molecular weight excluding hydrogens is 248 g/mol. The Morgan fingerprint density at radius 3 is 2.25 bits per heavy atom. The number of para-hydroxylation sites is 2. The van der Waals surface area contributed by atoms with Gasteiger partial charge < -0.3 is 15.4 Å². The van der Waals surface area contributed by atoms with Crippen LogP contribution in [0.5, 0.6) is 11.5 Å². The first-order valence-electron chi connectivity index (χ1n) is 7.20. The summed E-state index contributed by atoms with van der Waals surface area (Å²) < 4.78 is 5.81. The molecule has 0 aliphatic carbocycles. The van der Waals surface area contributed by atoms with Crippen LogP contribution in [0.15, 0.2) is 48.5 Å². The Morgan fingerprint density at radius 2 is 1.55 bits per heavy atom. The number of ether oxygens (including phenoxy) is 1. The van der Waals surface area contributed by atoms with Crippen molar-refractivity contribution in [2.24, 2.45) is 0 Å². The molecule has 2 aromatic carbocycles. The van der Waals surface area contributed by atoms with E-state index in [9.17, 15) is 0 Å². The van der Waals surface area contributed by atoms with Gasteiger partial charge in [-0.1, -0.05) is 12.1 Å². The lowest BCUT2D eigenvalue weighted by Gasteiger charge is -2.28. The van der Waals surface area contributed by atoms with Crippen LogP contribution in [0.4, 0.5) is 11.4 Å². The van der Waals surface area contributed by atoms with Gasteiger partial charge in [0, 0.05) is 18.8 Å². The quantitative estimate of drug-likeness (QED) is 0.853. The van der Waals surface area contributed by atoms with E-state index in [2.05, 4.69) is 17.0 Å². The van der Waals surface area contributed by atoms with Crippen molar-refractivity contribution in [3.05, 3.63) is 48.5 Å². The molecule has 0 radical (unpaired) electrons. The van der Waals surface area contributed by atoms with Crippen molar-refractivity contribution >= 4 is 11.4 Å². The van der Waals surface area contributed by atoms with E-state index < -0.39 is 0 Å². The lowest BCUT2D eigenvalue weighted by atomic mass is 10.1. The molecule has 0 atom stereocenters. The van der Waals surface area contributed by atoms with E-state index >= 15 is 0 Å².